The van der Waals surface area contributed by atoms with Crippen LogP contribution in [0.4, 0.5) is 17.5 Å². The number of aryl methyl sites for hydroxylation is 1. The van der Waals surface area contributed by atoms with Crippen LogP contribution in [0.1, 0.15) is 5.56 Å². The molecular weight excluding hydrogens is 278 g/mol. The monoisotopic (exact) mass is 289 g/mol. The van der Waals surface area contributed by atoms with Crippen molar-refractivity contribution < 1.29 is 0 Å². The molecule has 0 unspecified atom stereocenters. The third kappa shape index (κ3) is 2.24. The van der Waals surface area contributed by atoms with Crippen molar-refractivity contribution in [2.45, 2.75) is 6.92 Å². The zero-order chi connectivity index (χ0) is 14.1. The van der Waals surface area contributed by atoms with Crippen LogP contribution in [0.5, 0.6) is 0 Å². The maximum atomic E-state index is 6.02. The molecule has 3 rings (SSSR count). The Morgan fingerprint density at radius 2 is 2.15 bits per heavy atom. The summed E-state index contributed by atoms with van der Waals surface area (Å²) in [5, 5.41) is 11.4. The van der Waals surface area contributed by atoms with Crippen molar-refractivity contribution in [1.29, 1.82) is 0 Å². The number of anilines is 3. The quantitative estimate of drug-likeness (QED) is 0.436. The van der Waals surface area contributed by atoms with E-state index in [0.29, 0.717) is 22.4 Å². The van der Waals surface area contributed by atoms with Crippen LogP contribution in [0.3, 0.4) is 0 Å². The van der Waals surface area contributed by atoms with Crippen molar-refractivity contribution >= 4 is 40.1 Å². The van der Waals surface area contributed by atoms with Gasteiger partial charge in [-0.25, -0.2) is 5.84 Å². The predicted molar refractivity (Wildman–Crippen MR) is 79.0 cm³/mol. The molecule has 3 aromatic rings. The Morgan fingerprint density at radius 3 is 2.95 bits per heavy atom. The number of rotatable bonds is 3. The van der Waals surface area contributed by atoms with Crippen molar-refractivity contribution in [3.05, 3.63) is 35.0 Å². The molecule has 0 aliphatic rings. The second-order valence-corrected chi connectivity index (χ2v) is 4.69. The first-order chi connectivity index (χ1) is 9.67. The number of aromatic amines is 1. The second-order valence-electron chi connectivity index (χ2n) is 4.26. The normalized spacial score (nSPS) is 10.8. The van der Waals surface area contributed by atoms with Crippen LogP contribution in [0, 0.1) is 6.92 Å². The standard InChI is InChI=1S/C12H12ClN7/c1-6-2-3-7(13)4-9(6)16-10-8-5-15-20-11(8)18-12(17-10)19-14/h2-5H,14H2,1H3,(H3,15,16,17,18,19,20). The summed E-state index contributed by atoms with van der Waals surface area (Å²) in [5.41, 5.74) is 4.93. The lowest BCUT2D eigenvalue weighted by molar-refractivity contribution is 1.08. The van der Waals surface area contributed by atoms with Crippen LogP contribution in [-0.4, -0.2) is 20.2 Å². The number of hydrogen-bond donors (Lipinski definition) is 4. The van der Waals surface area contributed by atoms with E-state index in [1.165, 1.54) is 0 Å². The number of hydrogen-bond acceptors (Lipinski definition) is 6. The highest BCUT2D eigenvalue weighted by Crippen LogP contribution is 2.27. The van der Waals surface area contributed by atoms with E-state index in [2.05, 4.69) is 30.9 Å². The van der Waals surface area contributed by atoms with E-state index >= 15 is 0 Å². The Labute approximate surface area is 119 Å². The average molecular weight is 290 g/mol. The largest absolute Gasteiger partial charge is 0.339 e. The highest BCUT2D eigenvalue weighted by molar-refractivity contribution is 6.30. The SMILES string of the molecule is Cc1ccc(Cl)cc1Nc1nc(NN)nc2[nH]ncc12. The maximum absolute atomic E-state index is 6.02. The number of hydrazine groups is 1. The molecule has 0 bridgehead atoms. The Morgan fingerprint density at radius 1 is 1.30 bits per heavy atom. The summed E-state index contributed by atoms with van der Waals surface area (Å²) in [6.07, 6.45) is 1.65. The van der Waals surface area contributed by atoms with Crippen LogP contribution >= 0.6 is 11.6 Å². The van der Waals surface area contributed by atoms with Crippen molar-refractivity contribution in [1.82, 2.24) is 20.2 Å². The van der Waals surface area contributed by atoms with Gasteiger partial charge in [-0.05, 0) is 24.6 Å². The molecule has 0 saturated heterocycles. The zero-order valence-corrected chi connectivity index (χ0v) is 11.4. The molecule has 7 nitrogen and oxygen atoms in total. The molecule has 0 aliphatic carbocycles. The third-order valence-electron chi connectivity index (χ3n) is 2.89. The van der Waals surface area contributed by atoms with E-state index in [1.54, 1.807) is 6.20 Å². The molecule has 1 aromatic carbocycles. The number of nitrogens with one attached hydrogen (secondary N) is 3. The van der Waals surface area contributed by atoms with Gasteiger partial charge in [0.05, 0.1) is 11.6 Å². The van der Waals surface area contributed by atoms with Gasteiger partial charge in [-0.1, -0.05) is 17.7 Å². The molecule has 0 spiro atoms. The first-order valence-electron chi connectivity index (χ1n) is 5.88. The highest BCUT2D eigenvalue weighted by atomic mass is 35.5. The van der Waals surface area contributed by atoms with Gasteiger partial charge in [-0.15, -0.1) is 0 Å². The Balaban J connectivity index is 2.09. The number of benzene rings is 1. The van der Waals surface area contributed by atoms with Gasteiger partial charge in [-0.2, -0.15) is 15.1 Å². The molecule has 0 amide bonds. The van der Waals surface area contributed by atoms with E-state index in [-0.39, 0.29) is 0 Å². The van der Waals surface area contributed by atoms with E-state index in [4.69, 9.17) is 17.4 Å². The van der Waals surface area contributed by atoms with Crippen LogP contribution in [-0.2, 0) is 0 Å². The summed E-state index contributed by atoms with van der Waals surface area (Å²) in [6.45, 7) is 1.98. The number of nitrogens with two attached hydrogens (primary N) is 1. The lowest BCUT2D eigenvalue weighted by Crippen LogP contribution is -2.11. The first kappa shape index (κ1) is 12.6. The van der Waals surface area contributed by atoms with Gasteiger partial charge in [0.15, 0.2) is 5.65 Å². The lowest BCUT2D eigenvalue weighted by Gasteiger charge is -2.10. The van der Waals surface area contributed by atoms with Gasteiger partial charge in [0.1, 0.15) is 5.82 Å². The predicted octanol–water partition coefficient (Wildman–Crippen LogP) is 2.34. The van der Waals surface area contributed by atoms with Crippen molar-refractivity contribution in [3.63, 3.8) is 0 Å². The summed E-state index contributed by atoms with van der Waals surface area (Å²) in [5.74, 6) is 6.26. The summed E-state index contributed by atoms with van der Waals surface area (Å²) >= 11 is 6.02. The van der Waals surface area contributed by atoms with Gasteiger partial charge < -0.3 is 5.32 Å². The number of nitrogens with zero attached hydrogens (tertiary/aromatic N) is 3. The van der Waals surface area contributed by atoms with Crippen LogP contribution < -0.4 is 16.6 Å². The number of aromatic nitrogens is 4. The van der Waals surface area contributed by atoms with Crippen LogP contribution in [0.2, 0.25) is 5.02 Å². The van der Waals surface area contributed by atoms with E-state index in [9.17, 15) is 0 Å². The molecule has 20 heavy (non-hydrogen) atoms. The van der Waals surface area contributed by atoms with Gasteiger partial charge in [0, 0.05) is 10.7 Å². The summed E-state index contributed by atoms with van der Waals surface area (Å²) in [4.78, 5) is 8.46. The molecule has 2 heterocycles. The molecule has 5 N–H and O–H groups in total. The molecule has 8 heteroatoms. The summed E-state index contributed by atoms with van der Waals surface area (Å²) < 4.78 is 0. The van der Waals surface area contributed by atoms with Crippen LogP contribution in [0.25, 0.3) is 11.0 Å². The smallest absolute Gasteiger partial charge is 0.241 e. The number of halogens is 1. The molecule has 0 radical (unpaired) electrons. The molecule has 0 saturated carbocycles. The van der Waals surface area contributed by atoms with Crippen molar-refractivity contribution in [2.24, 2.45) is 5.84 Å². The average Bonchev–Trinajstić information content (AvgIpc) is 2.91. The zero-order valence-electron chi connectivity index (χ0n) is 10.6. The van der Waals surface area contributed by atoms with Gasteiger partial charge in [0.25, 0.3) is 0 Å². The Bertz CT molecular complexity index is 768. The fourth-order valence-corrected chi connectivity index (χ4v) is 2.02. The van der Waals surface area contributed by atoms with E-state index in [1.807, 2.05) is 25.1 Å². The van der Waals surface area contributed by atoms with E-state index in [0.717, 1.165) is 16.6 Å². The highest BCUT2D eigenvalue weighted by Gasteiger charge is 2.10. The first-order valence-corrected chi connectivity index (χ1v) is 6.26. The van der Waals surface area contributed by atoms with Crippen molar-refractivity contribution in [3.8, 4) is 0 Å². The molecule has 102 valence electrons. The number of H-pyrrole nitrogens is 1. The minimum absolute atomic E-state index is 0.295. The minimum Gasteiger partial charge on any atom is -0.339 e. The fourth-order valence-electron chi connectivity index (χ4n) is 1.85. The van der Waals surface area contributed by atoms with Gasteiger partial charge in [-0.3, -0.25) is 10.5 Å². The topological polar surface area (TPSA) is 105 Å². The van der Waals surface area contributed by atoms with Gasteiger partial charge in [0.2, 0.25) is 5.95 Å². The van der Waals surface area contributed by atoms with Crippen molar-refractivity contribution in [2.75, 3.05) is 10.7 Å². The molecular formula is C12H12ClN7. The Kier molecular flexibility index (Phi) is 3.13. The summed E-state index contributed by atoms with van der Waals surface area (Å²) in [6, 6.07) is 5.60. The number of fused-ring (bicyclic) bond motifs is 1. The second kappa shape index (κ2) is 4.95. The lowest BCUT2D eigenvalue weighted by atomic mass is 10.2. The Hall–Kier alpha value is -2.38. The maximum Gasteiger partial charge on any atom is 0.241 e. The molecule has 0 atom stereocenters. The summed E-state index contributed by atoms with van der Waals surface area (Å²) in [7, 11) is 0. The fraction of sp³-hybridized carbons (Fsp3) is 0.0833. The molecule has 0 fully saturated rings. The molecule has 2 aromatic heterocycles. The van der Waals surface area contributed by atoms with Gasteiger partial charge >= 0.3 is 0 Å². The van der Waals surface area contributed by atoms with Crippen LogP contribution in [0.15, 0.2) is 24.4 Å². The minimum atomic E-state index is 0.295. The van der Waals surface area contributed by atoms with E-state index < -0.39 is 0 Å². The number of nitrogen functional groups attached to an aromatic ring is 1. The third-order valence-corrected chi connectivity index (χ3v) is 3.13. The molecule has 0 aliphatic heterocycles.